The van der Waals surface area contributed by atoms with Crippen LogP contribution >= 0.6 is 0 Å². The maximum atomic E-state index is 12.6. The van der Waals surface area contributed by atoms with Gasteiger partial charge in [-0.1, -0.05) is 37.3 Å². The number of hydrogen-bond acceptors (Lipinski definition) is 5. The molecule has 0 spiro atoms. The lowest BCUT2D eigenvalue weighted by Crippen LogP contribution is -2.46. The fraction of sp³-hybridized carbons (Fsp3) is 0.364. The first-order valence-corrected chi connectivity index (χ1v) is 10.0. The topological polar surface area (TPSA) is 76.7 Å². The van der Waals surface area contributed by atoms with Crippen molar-refractivity contribution in [3.05, 3.63) is 60.2 Å². The molecule has 1 aliphatic heterocycles. The lowest BCUT2D eigenvalue weighted by Gasteiger charge is -2.35. The molecule has 1 atom stereocenters. The molecule has 2 aromatic carbocycles. The molecular weight excluding hydrogens is 366 g/mol. The summed E-state index contributed by atoms with van der Waals surface area (Å²) in [4.78, 5) is 29.1. The van der Waals surface area contributed by atoms with Gasteiger partial charge in [-0.05, 0) is 36.4 Å². The van der Waals surface area contributed by atoms with Gasteiger partial charge >= 0.3 is 6.03 Å². The molecule has 7 nitrogen and oxygen atoms in total. The van der Waals surface area contributed by atoms with Gasteiger partial charge in [0.15, 0.2) is 0 Å². The third-order valence-electron chi connectivity index (χ3n) is 5.22. The smallest absolute Gasteiger partial charge is 0.321 e. The highest BCUT2D eigenvalue weighted by molar-refractivity contribution is 5.98. The van der Waals surface area contributed by atoms with Crippen molar-refractivity contribution >= 4 is 23.3 Å². The van der Waals surface area contributed by atoms with E-state index in [0.717, 1.165) is 44.0 Å². The number of anilines is 2. The number of imide groups is 1. The first-order chi connectivity index (χ1) is 14.1. The van der Waals surface area contributed by atoms with Crippen molar-refractivity contribution in [2.45, 2.75) is 13.0 Å². The van der Waals surface area contributed by atoms with E-state index in [1.54, 1.807) is 0 Å². The lowest BCUT2D eigenvalue weighted by atomic mass is 10.1. The Labute approximate surface area is 172 Å². The third kappa shape index (κ3) is 5.48. The Balaban J connectivity index is 1.70. The van der Waals surface area contributed by atoms with E-state index in [0.29, 0.717) is 0 Å². The van der Waals surface area contributed by atoms with E-state index in [9.17, 15) is 9.59 Å². The van der Waals surface area contributed by atoms with E-state index < -0.39 is 18.0 Å². The minimum atomic E-state index is -0.674. The predicted octanol–water partition coefficient (Wildman–Crippen LogP) is 2.44. The first-order valence-electron chi connectivity index (χ1n) is 10.0. The number of amides is 3. The monoisotopic (exact) mass is 395 g/mol. The molecule has 0 saturated carbocycles. The molecule has 1 saturated heterocycles. The number of carbonyl (C=O) groups excluding carboxylic acids is 2. The number of urea groups is 1. The van der Waals surface area contributed by atoms with Crippen LogP contribution < -0.4 is 20.9 Å². The van der Waals surface area contributed by atoms with Crippen LogP contribution in [0, 0.1) is 0 Å². The minimum Gasteiger partial charge on any atom is -0.370 e. The second-order valence-electron chi connectivity index (χ2n) is 7.02. The predicted molar refractivity (Wildman–Crippen MR) is 116 cm³/mol. The number of benzene rings is 2. The third-order valence-corrected chi connectivity index (χ3v) is 5.22. The summed E-state index contributed by atoms with van der Waals surface area (Å²) in [5.74, 6) is -0.407. The summed E-state index contributed by atoms with van der Waals surface area (Å²) < 4.78 is 0. The summed E-state index contributed by atoms with van der Waals surface area (Å²) in [5.41, 5.74) is 2.79. The molecule has 0 unspecified atom stereocenters. The van der Waals surface area contributed by atoms with Gasteiger partial charge in [0.05, 0.1) is 0 Å². The number of likely N-dealkylation sites (N-methyl/N-ethyl adjacent to an activating group) is 1. The van der Waals surface area contributed by atoms with E-state index in [1.807, 2.05) is 42.5 Å². The van der Waals surface area contributed by atoms with Crippen molar-refractivity contribution in [1.82, 2.24) is 15.5 Å². The molecule has 1 aliphatic rings. The fourth-order valence-corrected chi connectivity index (χ4v) is 3.45. The van der Waals surface area contributed by atoms with Crippen LogP contribution in [-0.4, -0.2) is 56.6 Å². The number of carbonyl (C=O) groups is 2. The summed E-state index contributed by atoms with van der Waals surface area (Å²) in [6.07, 6.45) is 0. The minimum absolute atomic E-state index is 0.407. The van der Waals surface area contributed by atoms with Gasteiger partial charge < -0.3 is 20.4 Å². The zero-order chi connectivity index (χ0) is 20.6. The van der Waals surface area contributed by atoms with Crippen molar-refractivity contribution in [2.75, 3.05) is 50.0 Å². The van der Waals surface area contributed by atoms with Crippen LogP contribution in [-0.2, 0) is 4.79 Å². The summed E-state index contributed by atoms with van der Waals surface area (Å²) in [6.45, 7) is 7.47. The van der Waals surface area contributed by atoms with Crippen LogP contribution in [0.25, 0.3) is 0 Å². The normalized spacial score (nSPS) is 15.4. The van der Waals surface area contributed by atoms with E-state index in [-0.39, 0.29) is 0 Å². The highest BCUT2D eigenvalue weighted by Gasteiger charge is 2.22. The van der Waals surface area contributed by atoms with Gasteiger partial charge in [-0.15, -0.1) is 0 Å². The second kappa shape index (κ2) is 9.93. The fourth-order valence-electron chi connectivity index (χ4n) is 3.45. The second-order valence-corrected chi connectivity index (χ2v) is 7.02. The quantitative estimate of drug-likeness (QED) is 0.700. The van der Waals surface area contributed by atoms with E-state index in [1.165, 1.54) is 12.7 Å². The van der Waals surface area contributed by atoms with Crippen LogP contribution in [0.5, 0.6) is 0 Å². The molecule has 3 rings (SSSR count). The molecule has 29 heavy (non-hydrogen) atoms. The van der Waals surface area contributed by atoms with Crippen molar-refractivity contribution < 1.29 is 9.59 Å². The van der Waals surface area contributed by atoms with Crippen molar-refractivity contribution in [1.29, 1.82) is 0 Å². The van der Waals surface area contributed by atoms with Crippen LogP contribution in [0.4, 0.5) is 16.2 Å². The van der Waals surface area contributed by atoms with Crippen LogP contribution in [0.2, 0.25) is 0 Å². The molecular formula is C22H29N5O2. The first kappa shape index (κ1) is 20.7. The number of hydrogen-bond donors (Lipinski definition) is 3. The van der Waals surface area contributed by atoms with Gasteiger partial charge in [-0.2, -0.15) is 0 Å². The van der Waals surface area contributed by atoms with Crippen LogP contribution in [0.3, 0.4) is 0 Å². The number of nitrogens with one attached hydrogen (secondary N) is 3. The Hall–Kier alpha value is -3.06. The van der Waals surface area contributed by atoms with E-state index in [4.69, 9.17) is 0 Å². The molecule has 0 bridgehead atoms. The lowest BCUT2D eigenvalue weighted by molar-refractivity contribution is -0.120. The zero-order valence-corrected chi connectivity index (χ0v) is 17.0. The van der Waals surface area contributed by atoms with Gasteiger partial charge in [-0.25, -0.2) is 4.79 Å². The Morgan fingerprint density at radius 2 is 1.62 bits per heavy atom. The molecule has 7 heteroatoms. The van der Waals surface area contributed by atoms with E-state index in [2.05, 4.69) is 44.8 Å². The van der Waals surface area contributed by atoms with Gasteiger partial charge in [0, 0.05) is 44.6 Å². The molecule has 154 valence electrons. The molecule has 1 fully saturated rings. The zero-order valence-electron chi connectivity index (χ0n) is 17.0. The largest absolute Gasteiger partial charge is 0.370 e. The number of rotatable bonds is 6. The standard InChI is InChI=1S/C22H29N5O2/c1-3-26-13-15-27(16-14-26)19-11-9-18(10-12-19)24-20(17-7-5-4-6-8-17)21(28)25-22(29)23-2/h4-12,20,24H,3,13-16H2,1-2H3,(H2,23,25,28,29)/t20-/m0/s1. The molecule has 3 N–H and O–H groups in total. The molecule has 2 aromatic rings. The van der Waals surface area contributed by atoms with Gasteiger partial charge in [0.1, 0.15) is 6.04 Å². The van der Waals surface area contributed by atoms with Crippen LogP contribution in [0.1, 0.15) is 18.5 Å². The maximum absolute atomic E-state index is 12.6. The molecule has 0 aliphatic carbocycles. The Bertz CT molecular complexity index is 802. The van der Waals surface area contributed by atoms with Gasteiger partial charge in [-0.3, -0.25) is 10.1 Å². The number of piperazine rings is 1. The molecule has 0 aromatic heterocycles. The van der Waals surface area contributed by atoms with Crippen molar-refractivity contribution in [3.8, 4) is 0 Å². The highest BCUT2D eigenvalue weighted by atomic mass is 16.2. The van der Waals surface area contributed by atoms with Crippen molar-refractivity contribution in [3.63, 3.8) is 0 Å². The summed E-state index contributed by atoms with van der Waals surface area (Å²) in [6, 6.07) is 16.3. The molecule has 3 amide bonds. The molecule has 1 heterocycles. The Kier molecular flexibility index (Phi) is 7.08. The summed E-state index contributed by atoms with van der Waals surface area (Å²) in [5, 5.41) is 8.02. The van der Waals surface area contributed by atoms with Gasteiger partial charge in [0.2, 0.25) is 0 Å². The van der Waals surface area contributed by atoms with Crippen LogP contribution in [0.15, 0.2) is 54.6 Å². The van der Waals surface area contributed by atoms with E-state index >= 15 is 0 Å². The number of nitrogens with zero attached hydrogens (tertiary/aromatic N) is 2. The summed E-state index contributed by atoms with van der Waals surface area (Å²) >= 11 is 0. The SMILES string of the molecule is CCN1CCN(c2ccc(N[C@H](C(=O)NC(=O)NC)c3ccccc3)cc2)CC1. The molecule has 0 radical (unpaired) electrons. The van der Waals surface area contributed by atoms with Crippen molar-refractivity contribution in [2.24, 2.45) is 0 Å². The summed E-state index contributed by atoms with van der Waals surface area (Å²) in [7, 11) is 1.48. The average Bonchev–Trinajstić information content (AvgIpc) is 2.78. The Morgan fingerprint density at radius 1 is 0.966 bits per heavy atom. The highest BCUT2D eigenvalue weighted by Crippen LogP contribution is 2.23. The van der Waals surface area contributed by atoms with Gasteiger partial charge in [0.25, 0.3) is 5.91 Å². The average molecular weight is 396 g/mol. The Morgan fingerprint density at radius 3 is 2.21 bits per heavy atom. The maximum Gasteiger partial charge on any atom is 0.321 e.